The zero-order chi connectivity index (χ0) is 7.28. The van der Waals surface area contributed by atoms with Crippen LogP contribution < -0.4 is 5.32 Å². The number of nitrogens with one attached hydrogen (secondary N) is 1. The topological polar surface area (TPSA) is 66.4 Å². The van der Waals surface area contributed by atoms with Gasteiger partial charge in [0, 0.05) is 0 Å². The van der Waals surface area contributed by atoms with Gasteiger partial charge in [0.25, 0.3) is 0 Å². The van der Waals surface area contributed by atoms with E-state index in [2.05, 4.69) is 5.32 Å². The molecule has 2 N–H and O–H groups in total. The van der Waals surface area contributed by atoms with Crippen LogP contribution in [-0.4, -0.2) is 23.5 Å². The van der Waals surface area contributed by atoms with Crippen molar-refractivity contribution in [1.82, 2.24) is 5.32 Å². The average molecular weight is 131 g/mol. The smallest absolute Gasteiger partial charge is 0.326 e. The minimum Gasteiger partial charge on any atom is -0.480 e. The number of aliphatic carboxylic acids is 1. The molecule has 0 heterocycles. The first-order valence-corrected chi connectivity index (χ1v) is 2.64. The SMILES string of the molecule is CC[C@@H](NC=O)C(=O)O. The van der Waals surface area contributed by atoms with Crippen LogP contribution in [0.5, 0.6) is 0 Å². The highest BCUT2D eigenvalue weighted by Crippen LogP contribution is 1.87. The number of amides is 1. The molecule has 0 saturated carbocycles. The number of rotatable bonds is 4. The summed E-state index contributed by atoms with van der Waals surface area (Å²) in [4.78, 5) is 19.8. The van der Waals surface area contributed by atoms with Crippen LogP contribution in [0.15, 0.2) is 0 Å². The van der Waals surface area contributed by atoms with Crippen LogP contribution in [-0.2, 0) is 9.59 Å². The summed E-state index contributed by atoms with van der Waals surface area (Å²) in [5.41, 5.74) is 0. The molecule has 0 aromatic carbocycles. The molecule has 0 aliphatic heterocycles. The molecule has 0 saturated heterocycles. The van der Waals surface area contributed by atoms with Crippen LogP contribution >= 0.6 is 0 Å². The van der Waals surface area contributed by atoms with Crippen LogP contribution in [0.1, 0.15) is 13.3 Å². The molecule has 0 bridgehead atoms. The van der Waals surface area contributed by atoms with E-state index >= 15 is 0 Å². The molecule has 0 rings (SSSR count). The summed E-state index contributed by atoms with van der Waals surface area (Å²) >= 11 is 0. The zero-order valence-corrected chi connectivity index (χ0v) is 5.13. The van der Waals surface area contributed by atoms with Crippen molar-refractivity contribution in [3.8, 4) is 0 Å². The van der Waals surface area contributed by atoms with Crippen LogP contribution in [0.3, 0.4) is 0 Å². The number of carboxylic acid groups (broad SMARTS) is 1. The minimum absolute atomic E-state index is 0.391. The van der Waals surface area contributed by atoms with Gasteiger partial charge in [-0.25, -0.2) is 4.79 Å². The first-order chi connectivity index (χ1) is 4.22. The standard InChI is InChI=1S/C5H9NO3/c1-2-4(5(8)9)6-3-7/h3-4H,2H2,1H3,(H,6,7)(H,8,9)/t4-/m1/s1. The Bertz CT molecular complexity index is 113. The Morgan fingerprint density at radius 1 is 1.89 bits per heavy atom. The van der Waals surface area contributed by atoms with E-state index in [0.29, 0.717) is 12.8 Å². The van der Waals surface area contributed by atoms with E-state index in [0.717, 1.165) is 0 Å². The van der Waals surface area contributed by atoms with Gasteiger partial charge in [-0.3, -0.25) is 4.79 Å². The maximum atomic E-state index is 10.1. The molecule has 0 aliphatic carbocycles. The molecular formula is C5H9NO3. The lowest BCUT2D eigenvalue weighted by molar-refractivity contribution is -0.140. The molecule has 4 heteroatoms. The van der Waals surface area contributed by atoms with Crippen molar-refractivity contribution in [1.29, 1.82) is 0 Å². The Kier molecular flexibility index (Phi) is 3.43. The summed E-state index contributed by atoms with van der Waals surface area (Å²) in [6.45, 7) is 1.69. The fourth-order valence-electron chi connectivity index (χ4n) is 0.446. The summed E-state index contributed by atoms with van der Waals surface area (Å²) < 4.78 is 0. The molecule has 1 atom stereocenters. The van der Waals surface area contributed by atoms with Gasteiger partial charge in [0.1, 0.15) is 6.04 Å². The Balaban J connectivity index is 3.67. The fourth-order valence-corrected chi connectivity index (χ4v) is 0.446. The van der Waals surface area contributed by atoms with Gasteiger partial charge in [-0.2, -0.15) is 0 Å². The number of hydrogen-bond acceptors (Lipinski definition) is 2. The van der Waals surface area contributed by atoms with Crippen molar-refractivity contribution >= 4 is 12.4 Å². The normalized spacial score (nSPS) is 12.1. The molecule has 0 fully saturated rings. The zero-order valence-electron chi connectivity index (χ0n) is 5.13. The van der Waals surface area contributed by atoms with Crippen LogP contribution in [0.2, 0.25) is 0 Å². The van der Waals surface area contributed by atoms with Crippen molar-refractivity contribution in [3.63, 3.8) is 0 Å². The fraction of sp³-hybridized carbons (Fsp3) is 0.600. The predicted molar refractivity (Wildman–Crippen MR) is 30.9 cm³/mol. The molecule has 0 spiro atoms. The summed E-state index contributed by atoms with van der Waals surface area (Å²) in [7, 11) is 0. The van der Waals surface area contributed by atoms with Crippen LogP contribution in [0.4, 0.5) is 0 Å². The third-order valence-corrected chi connectivity index (χ3v) is 0.976. The predicted octanol–water partition coefficient (Wildman–Crippen LogP) is -0.404. The van der Waals surface area contributed by atoms with Gasteiger partial charge < -0.3 is 10.4 Å². The number of carbonyl (C=O) groups is 2. The quantitative estimate of drug-likeness (QED) is 0.510. The molecule has 0 aromatic heterocycles. The molecule has 4 nitrogen and oxygen atoms in total. The first kappa shape index (κ1) is 7.94. The lowest BCUT2D eigenvalue weighted by Gasteiger charge is -2.05. The van der Waals surface area contributed by atoms with Crippen LogP contribution in [0.25, 0.3) is 0 Å². The van der Waals surface area contributed by atoms with Crippen LogP contribution in [0, 0.1) is 0 Å². The lowest BCUT2D eigenvalue weighted by Crippen LogP contribution is -2.34. The molecule has 1 amide bonds. The first-order valence-electron chi connectivity index (χ1n) is 2.64. The number of carboxylic acids is 1. The summed E-state index contributed by atoms with van der Waals surface area (Å²) in [6.07, 6.45) is 0.802. The van der Waals surface area contributed by atoms with Gasteiger partial charge in [0.05, 0.1) is 0 Å². The Hall–Kier alpha value is -1.06. The van der Waals surface area contributed by atoms with Gasteiger partial charge in [0.15, 0.2) is 0 Å². The summed E-state index contributed by atoms with van der Waals surface area (Å²) in [5, 5.41) is 10.4. The van der Waals surface area contributed by atoms with E-state index < -0.39 is 12.0 Å². The highest BCUT2D eigenvalue weighted by Gasteiger charge is 2.11. The van der Waals surface area contributed by atoms with E-state index in [9.17, 15) is 9.59 Å². The summed E-state index contributed by atoms with van der Waals surface area (Å²) in [5.74, 6) is -0.996. The lowest BCUT2D eigenvalue weighted by atomic mass is 10.2. The van der Waals surface area contributed by atoms with E-state index in [4.69, 9.17) is 5.11 Å². The maximum Gasteiger partial charge on any atom is 0.326 e. The molecule has 0 unspecified atom stereocenters. The monoisotopic (exact) mass is 131 g/mol. The highest BCUT2D eigenvalue weighted by molar-refractivity contribution is 5.75. The van der Waals surface area contributed by atoms with E-state index in [1.807, 2.05) is 0 Å². The second kappa shape index (κ2) is 3.88. The molecular weight excluding hydrogens is 122 g/mol. The van der Waals surface area contributed by atoms with Gasteiger partial charge in [-0.05, 0) is 6.42 Å². The minimum atomic E-state index is -0.996. The Morgan fingerprint density at radius 3 is 2.56 bits per heavy atom. The number of hydrogen-bond donors (Lipinski definition) is 2. The third kappa shape index (κ3) is 2.69. The van der Waals surface area contributed by atoms with Gasteiger partial charge in [0.2, 0.25) is 6.41 Å². The van der Waals surface area contributed by atoms with Gasteiger partial charge in [-0.15, -0.1) is 0 Å². The molecule has 9 heavy (non-hydrogen) atoms. The number of carbonyl (C=O) groups excluding carboxylic acids is 1. The van der Waals surface area contributed by atoms with Crippen molar-refractivity contribution in [2.75, 3.05) is 0 Å². The Labute approximate surface area is 52.9 Å². The second-order valence-corrected chi connectivity index (χ2v) is 1.58. The van der Waals surface area contributed by atoms with Crippen molar-refractivity contribution in [2.45, 2.75) is 19.4 Å². The highest BCUT2D eigenvalue weighted by atomic mass is 16.4. The molecule has 52 valence electrons. The molecule has 0 aliphatic rings. The molecule has 0 aromatic rings. The summed E-state index contributed by atoms with van der Waals surface area (Å²) in [6, 6.07) is -0.734. The second-order valence-electron chi connectivity index (χ2n) is 1.58. The van der Waals surface area contributed by atoms with Crippen molar-refractivity contribution in [3.05, 3.63) is 0 Å². The van der Waals surface area contributed by atoms with E-state index in [1.54, 1.807) is 6.92 Å². The largest absolute Gasteiger partial charge is 0.480 e. The van der Waals surface area contributed by atoms with Crippen molar-refractivity contribution < 1.29 is 14.7 Å². The van der Waals surface area contributed by atoms with Crippen molar-refractivity contribution in [2.24, 2.45) is 0 Å². The van der Waals surface area contributed by atoms with E-state index in [1.165, 1.54) is 0 Å². The molecule has 0 radical (unpaired) electrons. The maximum absolute atomic E-state index is 10.1. The van der Waals surface area contributed by atoms with Gasteiger partial charge >= 0.3 is 5.97 Å². The Morgan fingerprint density at radius 2 is 2.44 bits per heavy atom. The van der Waals surface area contributed by atoms with Gasteiger partial charge in [-0.1, -0.05) is 6.92 Å². The third-order valence-electron chi connectivity index (χ3n) is 0.976. The average Bonchev–Trinajstić information content (AvgIpc) is 1.82. The van der Waals surface area contributed by atoms with E-state index in [-0.39, 0.29) is 0 Å².